The minimum Gasteiger partial charge on any atom is -0.493 e. The van der Waals surface area contributed by atoms with Crippen LogP contribution in [0.3, 0.4) is 0 Å². The van der Waals surface area contributed by atoms with Gasteiger partial charge in [0.2, 0.25) is 0 Å². The topological polar surface area (TPSA) is 40.0 Å². The van der Waals surface area contributed by atoms with Gasteiger partial charge in [0.15, 0.2) is 0 Å². The molecule has 0 atom stereocenters. The lowest BCUT2D eigenvalue weighted by Crippen LogP contribution is -2.04. The number of allylic oxidation sites excluding steroid dienone is 1. The van der Waals surface area contributed by atoms with Crippen molar-refractivity contribution in [2.75, 3.05) is 20.3 Å². The van der Waals surface area contributed by atoms with Gasteiger partial charge in [-0.25, -0.2) is 0 Å². The van der Waals surface area contributed by atoms with Gasteiger partial charge in [-0.15, -0.1) is 0 Å². The second kappa shape index (κ2) is 9.87. The van der Waals surface area contributed by atoms with E-state index < -0.39 is 0 Å². The smallest absolute Gasteiger partial charge is 0.125 e. The molecule has 22 heavy (non-hydrogen) atoms. The van der Waals surface area contributed by atoms with E-state index in [1.54, 1.807) is 7.11 Å². The van der Waals surface area contributed by atoms with Crippen LogP contribution in [0.2, 0.25) is 0 Å². The van der Waals surface area contributed by atoms with E-state index in [1.807, 2.05) is 52.0 Å². The van der Waals surface area contributed by atoms with Crippen molar-refractivity contribution < 1.29 is 14.3 Å². The van der Waals surface area contributed by atoms with Crippen molar-refractivity contribution in [1.82, 2.24) is 0 Å². The standard InChI is InChI=1S/C18H27NO3/c1-6-7-10-21-17-12-14(2)18(15(3)13-17)22-11-8-9-16(4)19-20-5/h6-7,12-13H,8-11H2,1-5H3/b7-6+,19-16+. The normalized spacial score (nSPS) is 11.8. The van der Waals surface area contributed by atoms with Gasteiger partial charge >= 0.3 is 0 Å². The fourth-order valence-corrected chi connectivity index (χ4v) is 2.17. The Hall–Kier alpha value is -1.97. The summed E-state index contributed by atoms with van der Waals surface area (Å²) in [5.41, 5.74) is 3.17. The van der Waals surface area contributed by atoms with E-state index in [4.69, 9.17) is 14.3 Å². The van der Waals surface area contributed by atoms with Gasteiger partial charge in [0.25, 0.3) is 0 Å². The van der Waals surface area contributed by atoms with Crippen molar-refractivity contribution in [2.45, 2.75) is 40.5 Å². The first kappa shape index (κ1) is 18.1. The molecule has 1 aromatic carbocycles. The average molecular weight is 305 g/mol. The number of ether oxygens (including phenoxy) is 2. The molecule has 0 heterocycles. The van der Waals surface area contributed by atoms with Crippen LogP contribution in [0.25, 0.3) is 0 Å². The van der Waals surface area contributed by atoms with Crippen LogP contribution in [-0.2, 0) is 4.84 Å². The van der Waals surface area contributed by atoms with Crippen LogP contribution in [0.4, 0.5) is 0 Å². The number of nitrogens with zero attached hydrogens (tertiary/aromatic N) is 1. The molecule has 0 radical (unpaired) electrons. The maximum absolute atomic E-state index is 5.91. The molecule has 0 saturated heterocycles. The molecule has 122 valence electrons. The predicted molar refractivity (Wildman–Crippen MR) is 91.1 cm³/mol. The summed E-state index contributed by atoms with van der Waals surface area (Å²) in [6, 6.07) is 4.03. The summed E-state index contributed by atoms with van der Waals surface area (Å²) in [6.45, 7) is 9.28. The van der Waals surface area contributed by atoms with Crippen LogP contribution < -0.4 is 9.47 Å². The molecule has 4 nitrogen and oxygen atoms in total. The third kappa shape index (κ3) is 6.20. The molecule has 0 spiro atoms. The number of hydrogen-bond donors (Lipinski definition) is 0. The molecule has 0 saturated carbocycles. The van der Waals surface area contributed by atoms with E-state index in [9.17, 15) is 0 Å². The molecule has 0 bridgehead atoms. The molecule has 0 aliphatic heterocycles. The quantitative estimate of drug-likeness (QED) is 0.293. The minimum atomic E-state index is 0.591. The van der Waals surface area contributed by atoms with Crippen molar-refractivity contribution in [3.05, 3.63) is 35.4 Å². The van der Waals surface area contributed by atoms with Gasteiger partial charge < -0.3 is 14.3 Å². The summed E-state index contributed by atoms with van der Waals surface area (Å²) in [5.74, 6) is 1.82. The van der Waals surface area contributed by atoms with Gasteiger partial charge in [-0.3, -0.25) is 0 Å². The van der Waals surface area contributed by atoms with Crippen LogP contribution in [0.15, 0.2) is 29.4 Å². The van der Waals surface area contributed by atoms with Crippen molar-refractivity contribution >= 4 is 5.71 Å². The Bertz CT molecular complexity index is 498. The molecule has 1 aromatic rings. The highest BCUT2D eigenvalue weighted by atomic mass is 16.6. The first-order valence-electron chi connectivity index (χ1n) is 7.63. The Labute approximate surface area is 133 Å². The number of benzene rings is 1. The Kier molecular flexibility index (Phi) is 8.11. The summed E-state index contributed by atoms with van der Waals surface area (Å²) in [4.78, 5) is 4.74. The highest BCUT2D eigenvalue weighted by Gasteiger charge is 2.07. The Morgan fingerprint density at radius 2 is 1.86 bits per heavy atom. The third-order valence-corrected chi connectivity index (χ3v) is 3.19. The van der Waals surface area contributed by atoms with Crippen molar-refractivity contribution in [3.63, 3.8) is 0 Å². The largest absolute Gasteiger partial charge is 0.493 e. The van der Waals surface area contributed by atoms with Gasteiger partial charge in [0.1, 0.15) is 25.2 Å². The predicted octanol–water partition coefficient (Wildman–Crippen LogP) is 4.44. The second-order valence-corrected chi connectivity index (χ2v) is 5.23. The van der Waals surface area contributed by atoms with Crippen LogP contribution in [-0.4, -0.2) is 26.0 Å². The molecule has 0 aromatic heterocycles. The lowest BCUT2D eigenvalue weighted by Gasteiger charge is -2.14. The molecular formula is C18H27NO3. The highest BCUT2D eigenvalue weighted by molar-refractivity contribution is 5.81. The van der Waals surface area contributed by atoms with Crippen molar-refractivity contribution in [1.29, 1.82) is 0 Å². The van der Waals surface area contributed by atoms with E-state index in [1.165, 1.54) is 0 Å². The van der Waals surface area contributed by atoms with E-state index in [-0.39, 0.29) is 0 Å². The van der Waals surface area contributed by atoms with E-state index >= 15 is 0 Å². The Morgan fingerprint density at radius 1 is 1.18 bits per heavy atom. The highest BCUT2D eigenvalue weighted by Crippen LogP contribution is 2.28. The summed E-state index contributed by atoms with van der Waals surface area (Å²) in [7, 11) is 1.56. The first-order chi connectivity index (χ1) is 10.6. The molecule has 0 amide bonds. The van der Waals surface area contributed by atoms with E-state index in [0.717, 1.165) is 41.2 Å². The van der Waals surface area contributed by atoms with Crippen LogP contribution in [0, 0.1) is 13.8 Å². The van der Waals surface area contributed by atoms with Crippen LogP contribution >= 0.6 is 0 Å². The van der Waals surface area contributed by atoms with Gasteiger partial charge in [-0.05, 0) is 63.8 Å². The van der Waals surface area contributed by atoms with Gasteiger partial charge in [-0.2, -0.15) is 0 Å². The van der Waals surface area contributed by atoms with Crippen LogP contribution in [0.5, 0.6) is 11.5 Å². The van der Waals surface area contributed by atoms with Crippen LogP contribution in [0.1, 0.15) is 37.8 Å². The number of aryl methyl sites for hydroxylation is 2. The fourth-order valence-electron chi connectivity index (χ4n) is 2.17. The molecule has 0 aliphatic rings. The zero-order chi connectivity index (χ0) is 16.4. The first-order valence-corrected chi connectivity index (χ1v) is 7.63. The number of oxime groups is 1. The maximum atomic E-state index is 5.91. The lowest BCUT2D eigenvalue weighted by molar-refractivity contribution is 0.212. The van der Waals surface area contributed by atoms with Crippen molar-refractivity contribution in [3.8, 4) is 11.5 Å². The second-order valence-electron chi connectivity index (χ2n) is 5.23. The van der Waals surface area contributed by atoms with Gasteiger partial charge in [0, 0.05) is 0 Å². The Balaban J connectivity index is 2.55. The zero-order valence-electron chi connectivity index (χ0n) is 14.3. The van der Waals surface area contributed by atoms with E-state index in [2.05, 4.69) is 5.16 Å². The Morgan fingerprint density at radius 3 is 2.45 bits per heavy atom. The zero-order valence-corrected chi connectivity index (χ0v) is 14.3. The minimum absolute atomic E-state index is 0.591. The van der Waals surface area contributed by atoms with Gasteiger partial charge in [-0.1, -0.05) is 17.3 Å². The summed E-state index contributed by atoms with van der Waals surface area (Å²) >= 11 is 0. The average Bonchev–Trinajstić information content (AvgIpc) is 2.46. The van der Waals surface area contributed by atoms with E-state index in [0.29, 0.717) is 13.2 Å². The maximum Gasteiger partial charge on any atom is 0.125 e. The third-order valence-electron chi connectivity index (χ3n) is 3.19. The molecule has 1 rings (SSSR count). The molecule has 0 aliphatic carbocycles. The van der Waals surface area contributed by atoms with Gasteiger partial charge in [0.05, 0.1) is 12.3 Å². The molecular weight excluding hydrogens is 278 g/mol. The molecule has 0 unspecified atom stereocenters. The monoisotopic (exact) mass is 305 g/mol. The summed E-state index contributed by atoms with van der Waals surface area (Å²) in [6.07, 6.45) is 5.75. The number of rotatable bonds is 9. The summed E-state index contributed by atoms with van der Waals surface area (Å²) in [5, 5.41) is 3.89. The molecule has 0 N–H and O–H groups in total. The van der Waals surface area contributed by atoms with Crippen molar-refractivity contribution in [2.24, 2.45) is 5.16 Å². The fraction of sp³-hybridized carbons (Fsp3) is 0.500. The summed E-state index contributed by atoms with van der Waals surface area (Å²) < 4.78 is 11.6. The molecule has 4 heteroatoms. The SMILES string of the molecule is C/C=C/COc1cc(C)c(OCCC/C(C)=N/OC)c(C)c1. The molecule has 0 fully saturated rings. The lowest BCUT2D eigenvalue weighted by atomic mass is 10.1. The number of hydrogen-bond acceptors (Lipinski definition) is 4.